The van der Waals surface area contributed by atoms with Gasteiger partial charge in [-0.3, -0.25) is 0 Å². The van der Waals surface area contributed by atoms with Gasteiger partial charge in [-0.15, -0.1) is 11.3 Å². The lowest BCUT2D eigenvalue weighted by Gasteiger charge is -2.09. The number of rotatable bonds is 5. The van der Waals surface area contributed by atoms with E-state index in [0.29, 0.717) is 10.8 Å². The molecule has 92 valence electrons. The minimum absolute atomic E-state index is 0.0391. The Hall–Kier alpha value is 0.150. The molecule has 0 aliphatic carbocycles. The molecule has 0 aromatic carbocycles. The molecule has 0 fully saturated rings. The van der Waals surface area contributed by atoms with Crippen LogP contribution in [0.5, 0.6) is 0 Å². The topological polar surface area (TPSA) is 66.4 Å². The lowest BCUT2D eigenvalue weighted by Crippen LogP contribution is -2.31. The van der Waals surface area contributed by atoms with Gasteiger partial charge in [0.1, 0.15) is 9.23 Å². The predicted octanol–water partition coefficient (Wildman–Crippen LogP) is 2.10. The summed E-state index contributed by atoms with van der Waals surface area (Å²) in [6.07, 6.45) is -0.233. The average Bonchev–Trinajstić information content (AvgIpc) is 2.55. The number of aliphatic hydroxyl groups is 1. The van der Waals surface area contributed by atoms with E-state index in [1.54, 1.807) is 6.92 Å². The Morgan fingerprint density at radius 2 is 2.19 bits per heavy atom. The van der Waals surface area contributed by atoms with Crippen LogP contribution in [0.25, 0.3) is 0 Å². The fourth-order valence-electron chi connectivity index (χ4n) is 0.936. The van der Waals surface area contributed by atoms with Crippen molar-refractivity contribution in [3.05, 3.63) is 14.7 Å². The first-order valence-electron chi connectivity index (χ1n) is 4.49. The van der Waals surface area contributed by atoms with Gasteiger partial charge in [0.15, 0.2) is 0 Å². The Kier molecular flexibility index (Phi) is 5.03. The van der Waals surface area contributed by atoms with Gasteiger partial charge in [0.05, 0.1) is 10.4 Å². The molecule has 1 aromatic rings. The first-order chi connectivity index (χ1) is 7.36. The summed E-state index contributed by atoms with van der Waals surface area (Å²) < 4.78 is 26.1. The van der Waals surface area contributed by atoms with E-state index < -0.39 is 16.1 Å². The van der Waals surface area contributed by atoms with Crippen molar-refractivity contribution in [1.29, 1.82) is 0 Å². The molecule has 0 amide bonds. The van der Waals surface area contributed by atoms with Gasteiger partial charge in [-0.05, 0) is 12.5 Å². The van der Waals surface area contributed by atoms with E-state index in [4.69, 9.17) is 23.2 Å². The maximum absolute atomic E-state index is 11.7. The standard InChI is InChI=1S/C8H11Cl2NO3S2/c1-2-5(12)4-11-16(13,14)6-3-7(9)15-8(6)10/h3,5,11-12H,2,4H2,1H3. The van der Waals surface area contributed by atoms with Gasteiger partial charge in [0.2, 0.25) is 10.0 Å². The number of thiophene rings is 1. The van der Waals surface area contributed by atoms with Gasteiger partial charge in [-0.25, -0.2) is 13.1 Å². The zero-order valence-corrected chi connectivity index (χ0v) is 11.5. The van der Waals surface area contributed by atoms with Crippen LogP contribution < -0.4 is 4.72 Å². The van der Waals surface area contributed by atoms with Gasteiger partial charge in [-0.1, -0.05) is 30.1 Å². The molecule has 0 aliphatic rings. The highest BCUT2D eigenvalue weighted by Crippen LogP contribution is 2.33. The molecule has 1 rings (SSSR count). The van der Waals surface area contributed by atoms with Gasteiger partial charge in [0, 0.05) is 6.54 Å². The number of hydrogen-bond donors (Lipinski definition) is 2. The molecular weight excluding hydrogens is 293 g/mol. The molecule has 1 heterocycles. The zero-order chi connectivity index (χ0) is 12.3. The molecule has 0 spiro atoms. The molecule has 0 saturated heterocycles. The maximum atomic E-state index is 11.7. The van der Waals surface area contributed by atoms with Gasteiger partial charge in [0.25, 0.3) is 0 Å². The van der Waals surface area contributed by atoms with Gasteiger partial charge >= 0.3 is 0 Å². The Bertz CT molecular complexity index is 458. The van der Waals surface area contributed by atoms with Crippen LogP contribution in [-0.2, 0) is 10.0 Å². The predicted molar refractivity (Wildman–Crippen MR) is 65.8 cm³/mol. The van der Waals surface area contributed by atoms with Crippen molar-refractivity contribution in [3.8, 4) is 0 Å². The van der Waals surface area contributed by atoms with Crippen molar-refractivity contribution in [1.82, 2.24) is 4.72 Å². The number of sulfonamides is 1. The highest BCUT2D eigenvalue weighted by molar-refractivity contribution is 7.89. The zero-order valence-electron chi connectivity index (χ0n) is 8.41. The number of nitrogens with one attached hydrogen (secondary N) is 1. The third kappa shape index (κ3) is 3.58. The van der Waals surface area contributed by atoms with E-state index >= 15 is 0 Å². The van der Waals surface area contributed by atoms with Crippen LogP contribution >= 0.6 is 34.5 Å². The number of hydrogen-bond acceptors (Lipinski definition) is 4. The van der Waals surface area contributed by atoms with E-state index in [-0.39, 0.29) is 15.8 Å². The van der Waals surface area contributed by atoms with Crippen molar-refractivity contribution in [2.24, 2.45) is 0 Å². The van der Waals surface area contributed by atoms with Crippen LogP contribution in [0.4, 0.5) is 0 Å². The minimum Gasteiger partial charge on any atom is -0.392 e. The lowest BCUT2D eigenvalue weighted by molar-refractivity contribution is 0.174. The van der Waals surface area contributed by atoms with Crippen LogP contribution in [-0.4, -0.2) is 26.2 Å². The summed E-state index contributed by atoms with van der Waals surface area (Å²) >= 11 is 12.4. The molecule has 1 aromatic heterocycles. The van der Waals surface area contributed by atoms with Crippen molar-refractivity contribution in [2.45, 2.75) is 24.3 Å². The molecule has 0 radical (unpaired) electrons. The Morgan fingerprint density at radius 1 is 1.56 bits per heavy atom. The summed E-state index contributed by atoms with van der Waals surface area (Å²) in [6, 6.07) is 1.29. The summed E-state index contributed by atoms with van der Waals surface area (Å²) in [5.41, 5.74) is 0. The number of halogens is 2. The molecule has 1 atom stereocenters. The second-order valence-electron chi connectivity index (χ2n) is 3.10. The van der Waals surface area contributed by atoms with Crippen LogP contribution in [0.2, 0.25) is 8.67 Å². The highest BCUT2D eigenvalue weighted by atomic mass is 35.5. The first-order valence-corrected chi connectivity index (χ1v) is 7.55. The van der Waals surface area contributed by atoms with E-state index in [9.17, 15) is 13.5 Å². The molecule has 0 saturated carbocycles. The Morgan fingerprint density at radius 3 is 2.62 bits per heavy atom. The third-order valence-corrected chi connectivity index (χ3v) is 5.07. The third-order valence-electron chi connectivity index (χ3n) is 1.90. The van der Waals surface area contributed by atoms with Crippen LogP contribution in [0.3, 0.4) is 0 Å². The average molecular weight is 304 g/mol. The highest BCUT2D eigenvalue weighted by Gasteiger charge is 2.21. The quantitative estimate of drug-likeness (QED) is 0.875. The van der Waals surface area contributed by atoms with Gasteiger partial charge < -0.3 is 5.11 Å². The Labute approximate surface area is 108 Å². The summed E-state index contributed by atoms with van der Waals surface area (Å²) in [6.45, 7) is 1.72. The Balaban J connectivity index is 2.82. The second-order valence-corrected chi connectivity index (χ2v) is 7.12. The maximum Gasteiger partial charge on any atom is 0.243 e. The molecule has 1 unspecified atom stereocenters. The van der Waals surface area contributed by atoms with Crippen LogP contribution in [0, 0.1) is 0 Å². The van der Waals surface area contributed by atoms with E-state index in [2.05, 4.69) is 4.72 Å². The summed E-state index contributed by atoms with van der Waals surface area (Å²) in [5.74, 6) is 0. The normalized spacial score (nSPS) is 14.0. The minimum atomic E-state index is -3.69. The molecule has 8 heteroatoms. The summed E-state index contributed by atoms with van der Waals surface area (Å²) in [7, 11) is -3.69. The van der Waals surface area contributed by atoms with Crippen molar-refractivity contribution < 1.29 is 13.5 Å². The van der Waals surface area contributed by atoms with Gasteiger partial charge in [-0.2, -0.15) is 0 Å². The van der Waals surface area contributed by atoms with Crippen molar-refractivity contribution in [3.63, 3.8) is 0 Å². The lowest BCUT2D eigenvalue weighted by atomic mass is 10.3. The fourth-order valence-corrected chi connectivity index (χ4v) is 4.16. The van der Waals surface area contributed by atoms with E-state index in [1.807, 2.05) is 0 Å². The van der Waals surface area contributed by atoms with Crippen LogP contribution in [0.1, 0.15) is 13.3 Å². The van der Waals surface area contributed by atoms with Crippen molar-refractivity contribution in [2.75, 3.05) is 6.54 Å². The van der Waals surface area contributed by atoms with Crippen molar-refractivity contribution >= 4 is 44.6 Å². The number of aliphatic hydroxyl groups excluding tert-OH is 1. The molecular formula is C8H11Cl2NO3S2. The first kappa shape index (κ1) is 14.2. The molecule has 16 heavy (non-hydrogen) atoms. The molecule has 0 aliphatic heterocycles. The summed E-state index contributed by atoms with van der Waals surface area (Å²) in [4.78, 5) is -0.0486. The SMILES string of the molecule is CCC(O)CNS(=O)(=O)c1cc(Cl)sc1Cl. The summed E-state index contributed by atoms with van der Waals surface area (Å²) in [5, 5.41) is 9.26. The monoisotopic (exact) mass is 303 g/mol. The molecule has 4 nitrogen and oxygen atoms in total. The molecule has 2 N–H and O–H groups in total. The van der Waals surface area contributed by atoms with E-state index in [0.717, 1.165) is 11.3 Å². The fraction of sp³-hybridized carbons (Fsp3) is 0.500. The van der Waals surface area contributed by atoms with E-state index in [1.165, 1.54) is 6.07 Å². The largest absolute Gasteiger partial charge is 0.392 e. The van der Waals surface area contributed by atoms with Crippen LogP contribution in [0.15, 0.2) is 11.0 Å². The molecule has 0 bridgehead atoms. The second kappa shape index (κ2) is 5.66. The smallest absolute Gasteiger partial charge is 0.243 e.